The molecule has 2 aromatic carbocycles. The molecule has 0 bridgehead atoms. The Labute approximate surface area is 157 Å². The van der Waals surface area contributed by atoms with Gasteiger partial charge in [-0.05, 0) is 31.2 Å². The second-order valence-electron chi connectivity index (χ2n) is 5.49. The van der Waals surface area contributed by atoms with Crippen molar-refractivity contribution in [1.29, 1.82) is 0 Å². The smallest absolute Gasteiger partial charge is 0.270 e. The molecule has 1 saturated heterocycles. The maximum absolute atomic E-state index is 12.8. The van der Waals surface area contributed by atoms with Gasteiger partial charge in [-0.15, -0.1) is 0 Å². The van der Waals surface area contributed by atoms with E-state index in [-0.39, 0.29) is 5.91 Å². The molecule has 0 unspecified atom stereocenters. The lowest BCUT2D eigenvalue weighted by Gasteiger charge is -2.14. The average molecular weight is 367 g/mol. The van der Waals surface area contributed by atoms with Gasteiger partial charge in [0.25, 0.3) is 5.91 Å². The van der Waals surface area contributed by atoms with E-state index in [1.54, 1.807) is 11.0 Å². The van der Waals surface area contributed by atoms with Gasteiger partial charge in [-0.2, -0.15) is 0 Å². The van der Waals surface area contributed by atoms with Gasteiger partial charge in [0.2, 0.25) is 0 Å². The van der Waals surface area contributed by atoms with Gasteiger partial charge in [-0.3, -0.25) is 9.69 Å². The van der Waals surface area contributed by atoms with Crippen molar-refractivity contribution in [3.8, 4) is 5.75 Å². The van der Waals surface area contributed by atoms with Crippen LogP contribution in [0.15, 0.2) is 66.1 Å². The van der Waals surface area contributed by atoms with Crippen LogP contribution in [0, 0.1) is 6.92 Å². The predicted molar refractivity (Wildman–Crippen MR) is 109 cm³/mol. The summed E-state index contributed by atoms with van der Waals surface area (Å²) >= 11 is 6.71. The van der Waals surface area contributed by atoms with E-state index in [2.05, 4.69) is 6.58 Å². The largest absolute Gasteiger partial charge is 0.489 e. The molecule has 1 fully saturated rings. The van der Waals surface area contributed by atoms with Crippen LogP contribution in [0.3, 0.4) is 0 Å². The van der Waals surface area contributed by atoms with Crippen LogP contribution in [0.1, 0.15) is 11.1 Å². The normalized spacial score (nSPS) is 15.7. The van der Waals surface area contributed by atoms with E-state index in [1.165, 1.54) is 11.8 Å². The van der Waals surface area contributed by atoms with Gasteiger partial charge in [0.15, 0.2) is 4.32 Å². The van der Waals surface area contributed by atoms with Crippen LogP contribution < -0.4 is 9.64 Å². The Bertz CT molecular complexity index is 856. The van der Waals surface area contributed by atoms with E-state index in [4.69, 9.17) is 17.0 Å². The fraction of sp³-hybridized carbons (Fsp3) is 0.100. The number of anilines is 1. The summed E-state index contributed by atoms with van der Waals surface area (Å²) in [5.74, 6) is 0.598. The molecule has 25 heavy (non-hydrogen) atoms. The maximum atomic E-state index is 12.8. The Hall–Kier alpha value is -2.37. The van der Waals surface area contributed by atoms with Gasteiger partial charge >= 0.3 is 0 Å². The summed E-state index contributed by atoms with van der Waals surface area (Å²) in [7, 11) is 0. The van der Waals surface area contributed by atoms with Gasteiger partial charge in [-0.1, -0.05) is 72.5 Å². The third kappa shape index (κ3) is 3.83. The minimum Gasteiger partial charge on any atom is -0.489 e. The highest BCUT2D eigenvalue weighted by molar-refractivity contribution is 8.27. The van der Waals surface area contributed by atoms with E-state index in [0.29, 0.717) is 21.6 Å². The first-order valence-corrected chi connectivity index (χ1v) is 9.00. The first-order chi connectivity index (χ1) is 12.1. The van der Waals surface area contributed by atoms with Crippen molar-refractivity contribution in [2.75, 3.05) is 11.5 Å². The van der Waals surface area contributed by atoms with Gasteiger partial charge in [0.1, 0.15) is 12.4 Å². The summed E-state index contributed by atoms with van der Waals surface area (Å²) in [6, 6.07) is 15.3. The molecular weight excluding hydrogens is 350 g/mol. The number of hydrogen-bond donors (Lipinski definition) is 0. The number of carbonyl (C=O) groups is 1. The van der Waals surface area contributed by atoms with Crippen LogP contribution in [0.2, 0.25) is 0 Å². The van der Waals surface area contributed by atoms with Crippen molar-refractivity contribution in [1.82, 2.24) is 0 Å². The van der Waals surface area contributed by atoms with Crippen molar-refractivity contribution in [3.63, 3.8) is 0 Å². The van der Waals surface area contributed by atoms with Crippen LogP contribution in [0.25, 0.3) is 6.08 Å². The molecule has 0 aromatic heterocycles. The number of ether oxygens (including phenoxy) is 1. The lowest BCUT2D eigenvalue weighted by Crippen LogP contribution is -2.27. The molecule has 5 heteroatoms. The quantitative estimate of drug-likeness (QED) is 0.424. The van der Waals surface area contributed by atoms with E-state index in [0.717, 1.165) is 16.8 Å². The van der Waals surface area contributed by atoms with Crippen molar-refractivity contribution in [2.45, 2.75) is 6.92 Å². The molecule has 0 aliphatic carbocycles. The third-order valence-electron chi connectivity index (χ3n) is 3.65. The van der Waals surface area contributed by atoms with E-state index >= 15 is 0 Å². The average Bonchev–Trinajstić information content (AvgIpc) is 2.89. The number of para-hydroxylation sites is 1. The summed E-state index contributed by atoms with van der Waals surface area (Å²) in [4.78, 5) is 15.0. The zero-order valence-electron chi connectivity index (χ0n) is 13.8. The van der Waals surface area contributed by atoms with Crippen LogP contribution in [0.4, 0.5) is 5.69 Å². The van der Waals surface area contributed by atoms with Gasteiger partial charge in [-0.25, -0.2) is 0 Å². The predicted octanol–water partition coefficient (Wildman–Crippen LogP) is 4.97. The van der Waals surface area contributed by atoms with Crippen LogP contribution in [-0.2, 0) is 4.79 Å². The van der Waals surface area contributed by atoms with Crippen molar-refractivity contribution in [2.24, 2.45) is 0 Å². The molecule has 0 atom stereocenters. The SMILES string of the molecule is C=CCOc1ccccc1/C=C1/SC(=S)N(c2ccc(C)cc2)C1=O. The molecule has 0 saturated carbocycles. The van der Waals surface area contributed by atoms with E-state index in [1.807, 2.05) is 61.5 Å². The van der Waals surface area contributed by atoms with Gasteiger partial charge < -0.3 is 4.74 Å². The van der Waals surface area contributed by atoms with Gasteiger partial charge in [0, 0.05) is 5.56 Å². The zero-order valence-corrected chi connectivity index (χ0v) is 15.4. The Kier molecular flexibility index (Phi) is 5.36. The fourth-order valence-electron chi connectivity index (χ4n) is 2.41. The van der Waals surface area contributed by atoms with Crippen molar-refractivity contribution in [3.05, 3.63) is 77.2 Å². The summed E-state index contributed by atoms with van der Waals surface area (Å²) < 4.78 is 6.19. The van der Waals surface area contributed by atoms with Gasteiger partial charge in [0.05, 0.1) is 10.6 Å². The molecule has 126 valence electrons. The number of carbonyl (C=O) groups excluding carboxylic acids is 1. The minimum atomic E-state index is -0.114. The number of amides is 1. The summed E-state index contributed by atoms with van der Waals surface area (Å²) in [6.45, 7) is 6.08. The summed E-state index contributed by atoms with van der Waals surface area (Å²) in [5, 5.41) is 0. The number of rotatable bonds is 5. The number of hydrogen-bond acceptors (Lipinski definition) is 4. The standard InChI is InChI=1S/C20H17NO2S2/c1-3-12-23-17-7-5-4-6-15(17)13-18-19(22)21(20(24)25-18)16-10-8-14(2)9-11-16/h3-11,13H,1,12H2,2H3/b18-13+. The van der Waals surface area contributed by atoms with Crippen LogP contribution in [0.5, 0.6) is 5.75 Å². The van der Waals surface area contributed by atoms with Crippen LogP contribution >= 0.6 is 24.0 Å². The third-order valence-corrected chi connectivity index (χ3v) is 4.95. The first kappa shape index (κ1) is 17.5. The fourth-order valence-corrected chi connectivity index (χ4v) is 3.70. The lowest BCUT2D eigenvalue weighted by atomic mass is 10.1. The first-order valence-electron chi connectivity index (χ1n) is 7.77. The molecular formula is C20H17NO2S2. The maximum Gasteiger partial charge on any atom is 0.270 e. The molecule has 0 spiro atoms. The molecule has 1 aliphatic heterocycles. The van der Waals surface area contributed by atoms with Crippen molar-refractivity contribution < 1.29 is 9.53 Å². The molecule has 0 N–H and O–H groups in total. The van der Waals surface area contributed by atoms with E-state index in [9.17, 15) is 4.79 Å². The molecule has 1 aliphatic rings. The highest BCUT2D eigenvalue weighted by atomic mass is 32.2. The Morgan fingerprint density at radius 2 is 1.92 bits per heavy atom. The number of aryl methyl sites for hydroxylation is 1. The Balaban J connectivity index is 1.91. The molecule has 0 radical (unpaired) electrons. The number of benzene rings is 2. The lowest BCUT2D eigenvalue weighted by molar-refractivity contribution is -0.113. The second kappa shape index (κ2) is 7.68. The molecule has 2 aromatic rings. The number of thiocarbonyl (C=S) groups is 1. The topological polar surface area (TPSA) is 29.5 Å². The molecule has 3 nitrogen and oxygen atoms in total. The molecule has 1 heterocycles. The summed E-state index contributed by atoms with van der Waals surface area (Å²) in [6.07, 6.45) is 3.51. The molecule has 1 amide bonds. The highest BCUT2D eigenvalue weighted by Crippen LogP contribution is 2.37. The second-order valence-corrected chi connectivity index (χ2v) is 7.17. The highest BCUT2D eigenvalue weighted by Gasteiger charge is 2.33. The Morgan fingerprint density at radius 3 is 2.64 bits per heavy atom. The van der Waals surface area contributed by atoms with Crippen LogP contribution in [-0.4, -0.2) is 16.8 Å². The zero-order chi connectivity index (χ0) is 17.8. The Morgan fingerprint density at radius 1 is 1.20 bits per heavy atom. The number of thioether (sulfide) groups is 1. The number of nitrogens with zero attached hydrogens (tertiary/aromatic N) is 1. The minimum absolute atomic E-state index is 0.114. The van der Waals surface area contributed by atoms with E-state index < -0.39 is 0 Å². The monoisotopic (exact) mass is 367 g/mol. The van der Waals surface area contributed by atoms with Crippen molar-refractivity contribution >= 4 is 46.0 Å². The molecule has 3 rings (SSSR count). The summed E-state index contributed by atoms with van der Waals surface area (Å²) in [5.41, 5.74) is 2.76.